The van der Waals surface area contributed by atoms with Crippen LogP contribution in [0.25, 0.3) is 0 Å². The van der Waals surface area contributed by atoms with Crippen molar-refractivity contribution in [2.75, 3.05) is 6.61 Å². The summed E-state index contributed by atoms with van der Waals surface area (Å²) in [5, 5.41) is 8.55. The average Bonchev–Trinajstić information content (AvgIpc) is 2.60. The fourth-order valence-electron chi connectivity index (χ4n) is 2.85. The highest BCUT2D eigenvalue weighted by molar-refractivity contribution is 5.72. The van der Waals surface area contributed by atoms with Gasteiger partial charge in [-0.3, -0.25) is 9.78 Å². The van der Waals surface area contributed by atoms with E-state index in [1.54, 1.807) is 6.20 Å². The molecule has 0 spiro atoms. The van der Waals surface area contributed by atoms with Crippen molar-refractivity contribution in [3.05, 3.63) is 30.1 Å². The molecule has 0 bridgehead atoms. The predicted octanol–water partition coefficient (Wildman–Crippen LogP) is 4.84. The monoisotopic (exact) mass is 330 g/mol. The fraction of sp³-hybridized carbons (Fsp3) is 0.650. The Hall–Kier alpha value is -1.89. The SMILES string of the molecule is CCOC(=O)[C@@H](CCCCCC#N)CCCCCc1cccnc1. The molecule has 1 aromatic rings. The third-order valence-electron chi connectivity index (χ3n) is 4.20. The number of aromatic nitrogens is 1. The first-order valence-corrected chi connectivity index (χ1v) is 9.20. The Morgan fingerprint density at radius 1 is 1.21 bits per heavy atom. The van der Waals surface area contributed by atoms with Crippen molar-refractivity contribution in [3.63, 3.8) is 0 Å². The van der Waals surface area contributed by atoms with E-state index in [1.165, 1.54) is 5.56 Å². The number of carbonyl (C=O) groups excluding carboxylic acids is 1. The number of nitriles is 1. The molecule has 0 saturated carbocycles. The van der Waals surface area contributed by atoms with E-state index < -0.39 is 0 Å². The zero-order chi connectivity index (χ0) is 17.5. The molecule has 1 aromatic heterocycles. The number of hydrogen-bond donors (Lipinski definition) is 0. The van der Waals surface area contributed by atoms with Gasteiger partial charge < -0.3 is 4.74 Å². The molecule has 0 amide bonds. The minimum atomic E-state index is -0.0509. The third kappa shape index (κ3) is 9.29. The fourth-order valence-corrected chi connectivity index (χ4v) is 2.85. The second-order valence-electron chi connectivity index (χ2n) is 6.17. The minimum Gasteiger partial charge on any atom is -0.466 e. The second-order valence-corrected chi connectivity index (χ2v) is 6.17. The Morgan fingerprint density at radius 3 is 2.58 bits per heavy atom. The molecule has 132 valence electrons. The number of pyridine rings is 1. The van der Waals surface area contributed by atoms with Crippen LogP contribution in [0.3, 0.4) is 0 Å². The highest BCUT2D eigenvalue weighted by Crippen LogP contribution is 2.20. The number of esters is 1. The van der Waals surface area contributed by atoms with Crippen molar-refractivity contribution in [2.45, 2.75) is 71.1 Å². The van der Waals surface area contributed by atoms with Gasteiger partial charge in [0.2, 0.25) is 0 Å². The molecule has 4 heteroatoms. The van der Waals surface area contributed by atoms with Gasteiger partial charge in [0.25, 0.3) is 0 Å². The van der Waals surface area contributed by atoms with Crippen LogP contribution in [0.15, 0.2) is 24.5 Å². The van der Waals surface area contributed by atoms with Gasteiger partial charge in [0, 0.05) is 18.8 Å². The Morgan fingerprint density at radius 2 is 1.96 bits per heavy atom. The summed E-state index contributed by atoms with van der Waals surface area (Å²) in [6.07, 6.45) is 13.4. The maximum atomic E-state index is 12.1. The molecule has 0 radical (unpaired) electrons. The van der Waals surface area contributed by atoms with Crippen molar-refractivity contribution in [1.29, 1.82) is 5.26 Å². The van der Waals surface area contributed by atoms with Crippen molar-refractivity contribution < 1.29 is 9.53 Å². The summed E-state index contributed by atoms with van der Waals surface area (Å²) in [6, 6.07) is 6.24. The standard InChI is InChI=1S/C20H30N2O2/c1-2-24-20(23)19(13-7-3-4-9-15-21)14-8-5-6-11-18-12-10-16-22-17-18/h10,12,16-17,19H,2-9,11,13-14H2,1H3/t19-/m0/s1. The molecule has 0 fully saturated rings. The van der Waals surface area contributed by atoms with E-state index in [1.807, 2.05) is 19.2 Å². The lowest BCUT2D eigenvalue weighted by Gasteiger charge is -2.15. The summed E-state index contributed by atoms with van der Waals surface area (Å²) in [5.41, 5.74) is 1.27. The Labute approximate surface area is 146 Å². The number of nitrogens with zero attached hydrogens (tertiary/aromatic N) is 2. The minimum absolute atomic E-state index is 0.0189. The molecule has 0 aliphatic rings. The molecular weight excluding hydrogens is 300 g/mol. The van der Waals surface area contributed by atoms with Crippen LogP contribution in [0.1, 0.15) is 70.3 Å². The van der Waals surface area contributed by atoms with Crippen molar-refractivity contribution in [3.8, 4) is 6.07 Å². The molecule has 0 saturated heterocycles. The zero-order valence-electron chi connectivity index (χ0n) is 14.9. The Kier molecular flexibility index (Phi) is 11.4. The molecule has 0 aliphatic heterocycles. The van der Waals surface area contributed by atoms with E-state index in [-0.39, 0.29) is 11.9 Å². The number of hydrogen-bond acceptors (Lipinski definition) is 4. The van der Waals surface area contributed by atoms with Gasteiger partial charge in [-0.1, -0.05) is 31.7 Å². The maximum Gasteiger partial charge on any atom is 0.308 e. The molecule has 24 heavy (non-hydrogen) atoms. The van der Waals surface area contributed by atoms with Crippen LogP contribution in [-0.2, 0) is 16.0 Å². The van der Waals surface area contributed by atoms with Crippen LogP contribution in [-0.4, -0.2) is 17.6 Å². The largest absolute Gasteiger partial charge is 0.466 e. The first-order valence-electron chi connectivity index (χ1n) is 9.20. The molecule has 0 aliphatic carbocycles. The summed E-state index contributed by atoms with van der Waals surface area (Å²) in [6.45, 7) is 2.31. The summed E-state index contributed by atoms with van der Waals surface area (Å²) in [7, 11) is 0. The van der Waals surface area contributed by atoms with Gasteiger partial charge in [0.05, 0.1) is 18.6 Å². The van der Waals surface area contributed by atoms with E-state index in [2.05, 4.69) is 17.1 Å². The van der Waals surface area contributed by atoms with Gasteiger partial charge in [-0.15, -0.1) is 0 Å². The van der Waals surface area contributed by atoms with E-state index in [0.29, 0.717) is 13.0 Å². The quantitative estimate of drug-likeness (QED) is 0.383. The lowest BCUT2D eigenvalue weighted by molar-refractivity contribution is -0.148. The Balaban J connectivity index is 2.22. The van der Waals surface area contributed by atoms with Crippen LogP contribution in [0.4, 0.5) is 0 Å². The molecule has 1 heterocycles. The molecule has 4 nitrogen and oxygen atoms in total. The molecule has 1 atom stereocenters. The molecule has 0 unspecified atom stereocenters. The summed E-state index contributed by atoms with van der Waals surface area (Å²) < 4.78 is 5.21. The lowest BCUT2D eigenvalue weighted by atomic mass is 9.94. The first kappa shape index (κ1) is 20.2. The number of aryl methyl sites for hydroxylation is 1. The molecule has 1 rings (SSSR count). The maximum absolute atomic E-state index is 12.1. The second kappa shape index (κ2) is 13.5. The highest BCUT2D eigenvalue weighted by Gasteiger charge is 2.18. The van der Waals surface area contributed by atoms with E-state index in [4.69, 9.17) is 10.00 Å². The molecule has 0 N–H and O–H groups in total. The van der Waals surface area contributed by atoms with E-state index >= 15 is 0 Å². The predicted molar refractivity (Wildman–Crippen MR) is 95.2 cm³/mol. The van der Waals surface area contributed by atoms with Crippen LogP contribution < -0.4 is 0 Å². The Bertz CT molecular complexity index is 482. The van der Waals surface area contributed by atoms with E-state index in [0.717, 1.165) is 57.8 Å². The van der Waals surface area contributed by atoms with Crippen molar-refractivity contribution >= 4 is 5.97 Å². The third-order valence-corrected chi connectivity index (χ3v) is 4.20. The van der Waals surface area contributed by atoms with Crippen LogP contribution in [0, 0.1) is 17.2 Å². The smallest absolute Gasteiger partial charge is 0.308 e. The van der Waals surface area contributed by atoms with Crippen LogP contribution in [0.5, 0.6) is 0 Å². The van der Waals surface area contributed by atoms with Crippen LogP contribution in [0.2, 0.25) is 0 Å². The van der Waals surface area contributed by atoms with E-state index in [9.17, 15) is 4.79 Å². The number of unbranched alkanes of at least 4 members (excludes halogenated alkanes) is 5. The normalized spacial score (nSPS) is 11.7. The lowest BCUT2D eigenvalue weighted by Crippen LogP contribution is -2.18. The van der Waals surface area contributed by atoms with Gasteiger partial charge in [0.15, 0.2) is 0 Å². The first-order chi connectivity index (χ1) is 11.8. The number of ether oxygens (including phenoxy) is 1. The molecule has 0 aromatic carbocycles. The average molecular weight is 330 g/mol. The summed E-state index contributed by atoms with van der Waals surface area (Å²) >= 11 is 0. The van der Waals surface area contributed by atoms with Gasteiger partial charge in [-0.2, -0.15) is 5.26 Å². The molecular formula is C20H30N2O2. The van der Waals surface area contributed by atoms with Gasteiger partial charge in [-0.05, 0) is 50.7 Å². The van der Waals surface area contributed by atoms with Gasteiger partial charge in [-0.25, -0.2) is 0 Å². The summed E-state index contributed by atoms with van der Waals surface area (Å²) in [4.78, 5) is 16.2. The topological polar surface area (TPSA) is 63.0 Å². The van der Waals surface area contributed by atoms with Gasteiger partial charge >= 0.3 is 5.97 Å². The summed E-state index contributed by atoms with van der Waals surface area (Å²) in [5.74, 6) is -0.0320. The number of carbonyl (C=O) groups is 1. The van der Waals surface area contributed by atoms with Crippen LogP contribution >= 0.6 is 0 Å². The zero-order valence-corrected chi connectivity index (χ0v) is 14.9. The van der Waals surface area contributed by atoms with Gasteiger partial charge in [0.1, 0.15) is 0 Å². The number of rotatable bonds is 13. The van der Waals surface area contributed by atoms with Crippen molar-refractivity contribution in [2.24, 2.45) is 5.92 Å². The van der Waals surface area contributed by atoms with Crippen molar-refractivity contribution in [1.82, 2.24) is 4.98 Å². The highest BCUT2D eigenvalue weighted by atomic mass is 16.5.